The number of nitrogens with zero attached hydrogens (tertiary/aromatic N) is 2. The highest BCUT2D eigenvalue weighted by Gasteiger charge is 2.22. The smallest absolute Gasteiger partial charge is 0.153 e. The van der Waals surface area contributed by atoms with Gasteiger partial charge in [0.15, 0.2) is 6.29 Å². The van der Waals surface area contributed by atoms with Crippen LogP contribution in [0.2, 0.25) is 0 Å². The quantitative estimate of drug-likeness (QED) is 0.787. The zero-order valence-electron chi connectivity index (χ0n) is 11.9. The second-order valence-electron chi connectivity index (χ2n) is 5.70. The molecule has 3 rings (SSSR count). The van der Waals surface area contributed by atoms with Crippen LogP contribution in [0.4, 0.5) is 0 Å². The van der Waals surface area contributed by atoms with Crippen molar-refractivity contribution in [1.29, 1.82) is 0 Å². The summed E-state index contributed by atoms with van der Waals surface area (Å²) in [5.41, 5.74) is 3.97. The van der Waals surface area contributed by atoms with Crippen molar-refractivity contribution in [3.05, 3.63) is 47.3 Å². The molecule has 0 radical (unpaired) electrons. The Kier molecular flexibility index (Phi) is 3.68. The Morgan fingerprint density at radius 2 is 1.85 bits per heavy atom. The highest BCUT2D eigenvalue weighted by molar-refractivity contribution is 5.76. The van der Waals surface area contributed by atoms with Crippen molar-refractivity contribution in [1.82, 2.24) is 9.78 Å². The molecule has 0 atom stereocenters. The average Bonchev–Trinajstić information content (AvgIpc) is 2.93. The van der Waals surface area contributed by atoms with Crippen molar-refractivity contribution in [3.8, 4) is 5.69 Å². The molecule has 0 aliphatic heterocycles. The third kappa shape index (κ3) is 2.53. The predicted molar refractivity (Wildman–Crippen MR) is 79.5 cm³/mol. The van der Waals surface area contributed by atoms with Gasteiger partial charge in [-0.15, -0.1) is 0 Å². The van der Waals surface area contributed by atoms with Gasteiger partial charge < -0.3 is 0 Å². The molecule has 0 N–H and O–H groups in total. The third-order valence-corrected chi connectivity index (χ3v) is 4.19. The van der Waals surface area contributed by atoms with E-state index in [9.17, 15) is 4.79 Å². The van der Waals surface area contributed by atoms with Crippen molar-refractivity contribution in [3.63, 3.8) is 0 Å². The summed E-state index contributed by atoms with van der Waals surface area (Å²) in [4.78, 5) is 11.3. The number of carbonyl (C=O) groups is 1. The number of hydrogen-bond acceptors (Lipinski definition) is 2. The first-order chi connectivity index (χ1) is 9.78. The number of aromatic nitrogens is 2. The summed E-state index contributed by atoms with van der Waals surface area (Å²) in [7, 11) is 0. The van der Waals surface area contributed by atoms with Crippen LogP contribution >= 0.6 is 0 Å². The lowest BCUT2D eigenvalue weighted by molar-refractivity contribution is 0.112. The summed E-state index contributed by atoms with van der Waals surface area (Å²) in [5, 5.41) is 4.69. The average molecular weight is 268 g/mol. The van der Waals surface area contributed by atoms with Crippen molar-refractivity contribution in [2.45, 2.75) is 44.9 Å². The lowest BCUT2D eigenvalue weighted by atomic mass is 9.86. The van der Waals surface area contributed by atoms with E-state index < -0.39 is 0 Å². The van der Waals surface area contributed by atoms with E-state index in [-0.39, 0.29) is 0 Å². The number of aryl methyl sites for hydroxylation is 1. The molecule has 3 heteroatoms. The standard InChI is InChI=1S/C17H20N2O/c1-13-7-9-16(10-8-13)19-11-15(12-20)17(18-19)14-5-3-2-4-6-14/h7-12,14H,2-6H2,1H3. The molecule has 0 amide bonds. The molecule has 0 bridgehead atoms. The van der Waals surface area contributed by atoms with Crippen molar-refractivity contribution < 1.29 is 4.79 Å². The molecule has 1 aromatic heterocycles. The molecule has 1 aliphatic rings. The summed E-state index contributed by atoms with van der Waals surface area (Å²) in [6, 6.07) is 8.22. The third-order valence-electron chi connectivity index (χ3n) is 4.19. The summed E-state index contributed by atoms with van der Waals surface area (Å²) in [6.07, 6.45) is 8.94. The van der Waals surface area contributed by atoms with Crippen LogP contribution in [0.1, 0.15) is 59.6 Å². The Bertz CT molecular complexity index is 592. The fraction of sp³-hybridized carbons (Fsp3) is 0.412. The van der Waals surface area contributed by atoms with Gasteiger partial charge in [-0.2, -0.15) is 5.10 Å². The molecule has 1 aliphatic carbocycles. The van der Waals surface area contributed by atoms with Crippen LogP contribution in [-0.4, -0.2) is 16.1 Å². The highest BCUT2D eigenvalue weighted by atomic mass is 16.1. The predicted octanol–water partition coefficient (Wildman–Crippen LogP) is 4.04. The van der Waals surface area contributed by atoms with Gasteiger partial charge in [0.1, 0.15) is 0 Å². The Balaban J connectivity index is 1.95. The minimum atomic E-state index is 0.454. The normalized spacial score (nSPS) is 16.2. The lowest BCUT2D eigenvalue weighted by Crippen LogP contribution is -2.07. The molecule has 1 saturated carbocycles. The van der Waals surface area contributed by atoms with E-state index in [1.165, 1.54) is 24.8 Å². The van der Waals surface area contributed by atoms with Gasteiger partial charge in [0.25, 0.3) is 0 Å². The van der Waals surface area contributed by atoms with Gasteiger partial charge >= 0.3 is 0 Å². The van der Waals surface area contributed by atoms with E-state index in [0.29, 0.717) is 5.92 Å². The van der Waals surface area contributed by atoms with E-state index in [1.54, 1.807) is 0 Å². The summed E-state index contributed by atoms with van der Waals surface area (Å²) in [6.45, 7) is 2.07. The topological polar surface area (TPSA) is 34.9 Å². The molecule has 20 heavy (non-hydrogen) atoms. The first-order valence-electron chi connectivity index (χ1n) is 7.40. The first-order valence-corrected chi connectivity index (χ1v) is 7.40. The Morgan fingerprint density at radius 3 is 2.50 bits per heavy atom. The number of carbonyl (C=O) groups excluding carboxylic acids is 1. The summed E-state index contributed by atoms with van der Waals surface area (Å²) >= 11 is 0. The first kappa shape index (κ1) is 13.1. The fourth-order valence-corrected chi connectivity index (χ4v) is 3.01. The second kappa shape index (κ2) is 5.61. The summed E-state index contributed by atoms with van der Waals surface area (Å²) in [5.74, 6) is 0.454. The van der Waals surface area contributed by atoms with E-state index in [1.807, 2.05) is 23.0 Å². The molecule has 3 nitrogen and oxygen atoms in total. The van der Waals surface area contributed by atoms with Gasteiger partial charge in [0.05, 0.1) is 16.9 Å². The Morgan fingerprint density at radius 1 is 1.15 bits per heavy atom. The van der Waals surface area contributed by atoms with Crippen molar-refractivity contribution in [2.75, 3.05) is 0 Å². The number of benzene rings is 1. The van der Waals surface area contributed by atoms with Crippen LogP contribution in [0.3, 0.4) is 0 Å². The van der Waals surface area contributed by atoms with Gasteiger partial charge in [-0.1, -0.05) is 37.0 Å². The van der Waals surface area contributed by atoms with Crippen LogP contribution in [0.25, 0.3) is 5.69 Å². The fourth-order valence-electron chi connectivity index (χ4n) is 3.01. The number of rotatable bonds is 3. The molecule has 2 aromatic rings. The maximum absolute atomic E-state index is 11.3. The van der Waals surface area contributed by atoms with Crippen LogP contribution in [0, 0.1) is 6.92 Å². The molecular formula is C17H20N2O. The molecule has 0 saturated heterocycles. The zero-order chi connectivity index (χ0) is 13.9. The van der Waals surface area contributed by atoms with E-state index in [2.05, 4.69) is 19.1 Å². The van der Waals surface area contributed by atoms with Gasteiger partial charge in [-0.05, 0) is 31.9 Å². The maximum Gasteiger partial charge on any atom is 0.153 e. The Hall–Kier alpha value is -1.90. The van der Waals surface area contributed by atoms with Crippen molar-refractivity contribution in [2.24, 2.45) is 0 Å². The minimum absolute atomic E-state index is 0.454. The molecule has 1 fully saturated rings. The molecule has 1 aromatic carbocycles. The number of hydrogen-bond donors (Lipinski definition) is 0. The molecule has 0 spiro atoms. The van der Waals surface area contributed by atoms with Gasteiger partial charge in [0, 0.05) is 12.1 Å². The molecule has 1 heterocycles. The van der Waals surface area contributed by atoms with Gasteiger partial charge in [-0.3, -0.25) is 4.79 Å². The summed E-state index contributed by atoms with van der Waals surface area (Å²) < 4.78 is 1.84. The van der Waals surface area contributed by atoms with E-state index in [4.69, 9.17) is 5.10 Å². The van der Waals surface area contributed by atoms with Crippen LogP contribution in [-0.2, 0) is 0 Å². The molecule has 0 unspecified atom stereocenters. The van der Waals surface area contributed by atoms with E-state index >= 15 is 0 Å². The van der Waals surface area contributed by atoms with E-state index in [0.717, 1.165) is 36.1 Å². The molecular weight excluding hydrogens is 248 g/mol. The SMILES string of the molecule is Cc1ccc(-n2cc(C=O)c(C3CCCCC3)n2)cc1. The maximum atomic E-state index is 11.3. The van der Waals surface area contributed by atoms with Crippen LogP contribution in [0.5, 0.6) is 0 Å². The lowest BCUT2D eigenvalue weighted by Gasteiger charge is -2.20. The van der Waals surface area contributed by atoms with Crippen LogP contribution in [0.15, 0.2) is 30.5 Å². The Labute approximate surface area is 119 Å². The minimum Gasteiger partial charge on any atom is -0.298 e. The highest BCUT2D eigenvalue weighted by Crippen LogP contribution is 2.33. The van der Waals surface area contributed by atoms with Crippen LogP contribution < -0.4 is 0 Å². The zero-order valence-corrected chi connectivity index (χ0v) is 11.9. The monoisotopic (exact) mass is 268 g/mol. The van der Waals surface area contributed by atoms with Crippen molar-refractivity contribution >= 4 is 6.29 Å². The number of aldehydes is 1. The second-order valence-corrected chi connectivity index (χ2v) is 5.70. The largest absolute Gasteiger partial charge is 0.298 e. The van der Waals surface area contributed by atoms with Gasteiger partial charge in [0.2, 0.25) is 0 Å². The van der Waals surface area contributed by atoms with Gasteiger partial charge in [-0.25, -0.2) is 4.68 Å². The molecule has 104 valence electrons.